The fraction of sp³-hybridized carbons (Fsp3) is 0.200. The van der Waals surface area contributed by atoms with E-state index < -0.39 is 5.82 Å². The summed E-state index contributed by atoms with van der Waals surface area (Å²) < 4.78 is 24.9. The van der Waals surface area contributed by atoms with Gasteiger partial charge in [-0.15, -0.1) is 11.8 Å². The van der Waals surface area contributed by atoms with Crippen LogP contribution in [0.15, 0.2) is 60.7 Å². The van der Waals surface area contributed by atoms with E-state index in [1.54, 1.807) is 42.5 Å². The Labute approximate surface area is 195 Å². The van der Waals surface area contributed by atoms with E-state index in [1.165, 1.54) is 36.9 Å². The number of benzene rings is 3. The lowest BCUT2D eigenvalue weighted by Crippen LogP contribution is -2.28. The zero-order chi connectivity index (χ0) is 23.5. The number of amides is 2. The Morgan fingerprint density at radius 1 is 1.03 bits per heavy atom. The lowest BCUT2D eigenvalue weighted by Gasteiger charge is -2.25. The van der Waals surface area contributed by atoms with Crippen molar-refractivity contribution in [2.24, 2.45) is 0 Å². The summed E-state index contributed by atoms with van der Waals surface area (Å²) in [5.41, 5.74) is 2.98. The van der Waals surface area contributed by atoms with Crippen LogP contribution >= 0.6 is 11.8 Å². The maximum Gasteiger partial charge on any atom is 0.255 e. The van der Waals surface area contributed by atoms with Crippen molar-refractivity contribution in [1.29, 1.82) is 0 Å². The quantitative estimate of drug-likeness (QED) is 0.542. The van der Waals surface area contributed by atoms with Crippen LogP contribution in [0.2, 0.25) is 0 Å². The first-order valence-corrected chi connectivity index (χ1v) is 11.3. The zero-order valence-electron chi connectivity index (χ0n) is 18.4. The van der Waals surface area contributed by atoms with Crippen LogP contribution in [0.25, 0.3) is 0 Å². The minimum atomic E-state index is -0.431. The number of carbonyl (C=O) groups excluding carboxylic acids is 2. The molecule has 1 heterocycles. The summed E-state index contributed by atoms with van der Waals surface area (Å²) in [5.74, 6) is 0.419. The molecule has 0 saturated carbocycles. The van der Waals surface area contributed by atoms with Crippen molar-refractivity contribution >= 4 is 35.0 Å². The Balaban J connectivity index is 1.54. The molecule has 8 heteroatoms. The normalized spacial score (nSPS) is 15.5. The van der Waals surface area contributed by atoms with Gasteiger partial charge in [0.05, 0.1) is 25.7 Å². The Kier molecular flexibility index (Phi) is 6.55. The molecule has 1 atom stereocenters. The molecule has 0 bridgehead atoms. The maximum atomic E-state index is 14.5. The third kappa shape index (κ3) is 4.80. The van der Waals surface area contributed by atoms with Crippen molar-refractivity contribution in [2.75, 3.05) is 30.2 Å². The molecule has 0 aliphatic carbocycles. The van der Waals surface area contributed by atoms with Gasteiger partial charge in [0.25, 0.3) is 5.91 Å². The van der Waals surface area contributed by atoms with Crippen LogP contribution in [0.4, 0.5) is 15.8 Å². The van der Waals surface area contributed by atoms with Crippen LogP contribution in [0.1, 0.15) is 26.9 Å². The fourth-order valence-corrected chi connectivity index (χ4v) is 4.78. The van der Waals surface area contributed by atoms with Gasteiger partial charge in [0, 0.05) is 17.3 Å². The molecule has 1 saturated heterocycles. The molecule has 0 spiro atoms. The zero-order valence-corrected chi connectivity index (χ0v) is 19.2. The maximum absolute atomic E-state index is 14.5. The number of aryl methyl sites for hydroxylation is 1. The number of halogens is 1. The molecule has 170 valence electrons. The van der Waals surface area contributed by atoms with E-state index in [0.717, 1.165) is 11.1 Å². The van der Waals surface area contributed by atoms with Crippen molar-refractivity contribution in [1.82, 2.24) is 0 Å². The van der Waals surface area contributed by atoms with E-state index in [2.05, 4.69) is 5.32 Å². The molecular weight excluding hydrogens is 443 g/mol. The summed E-state index contributed by atoms with van der Waals surface area (Å²) in [5, 5.41) is 2.50. The summed E-state index contributed by atoms with van der Waals surface area (Å²) in [6, 6.07) is 16.9. The average molecular weight is 467 g/mol. The molecular formula is C25H23FN2O4S. The van der Waals surface area contributed by atoms with E-state index in [-0.39, 0.29) is 28.6 Å². The van der Waals surface area contributed by atoms with Gasteiger partial charge in [-0.05, 0) is 54.4 Å². The molecule has 33 heavy (non-hydrogen) atoms. The number of ether oxygens (including phenoxy) is 2. The Hall–Kier alpha value is -3.52. The number of hydrogen-bond acceptors (Lipinski definition) is 5. The highest BCUT2D eigenvalue weighted by molar-refractivity contribution is 8.00. The molecule has 6 nitrogen and oxygen atoms in total. The van der Waals surface area contributed by atoms with E-state index in [1.807, 2.05) is 19.1 Å². The minimum Gasteiger partial charge on any atom is -0.497 e. The van der Waals surface area contributed by atoms with Gasteiger partial charge >= 0.3 is 0 Å². The Bertz CT molecular complexity index is 1180. The molecule has 4 rings (SSSR count). The largest absolute Gasteiger partial charge is 0.497 e. The number of thioether (sulfide) groups is 1. The SMILES string of the molecule is COc1cc(OC)cc(C(=O)Nc2ccc(C3SCC(=O)N3c3cc(C)ccc3F)cc2)c1. The second-order valence-electron chi connectivity index (χ2n) is 7.56. The topological polar surface area (TPSA) is 67.9 Å². The van der Waals surface area contributed by atoms with Crippen LogP contribution in [0.5, 0.6) is 11.5 Å². The summed E-state index contributed by atoms with van der Waals surface area (Å²) in [4.78, 5) is 26.8. The average Bonchev–Trinajstić information content (AvgIpc) is 3.21. The van der Waals surface area contributed by atoms with Crippen molar-refractivity contribution in [3.05, 3.63) is 83.2 Å². The summed E-state index contributed by atoms with van der Waals surface area (Å²) in [6.07, 6.45) is 0. The number of rotatable bonds is 6. The van der Waals surface area contributed by atoms with Gasteiger partial charge < -0.3 is 14.8 Å². The first-order valence-electron chi connectivity index (χ1n) is 10.2. The first-order chi connectivity index (χ1) is 15.9. The predicted octanol–water partition coefficient (Wildman–Crippen LogP) is 5.18. The molecule has 1 fully saturated rings. The highest BCUT2D eigenvalue weighted by Gasteiger charge is 2.35. The molecule has 1 N–H and O–H groups in total. The molecule has 3 aromatic rings. The monoisotopic (exact) mass is 466 g/mol. The van der Waals surface area contributed by atoms with Crippen molar-refractivity contribution in [3.8, 4) is 11.5 Å². The number of anilines is 2. The van der Waals surface area contributed by atoms with Crippen LogP contribution in [-0.2, 0) is 4.79 Å². The van der Waals surface area contributed by atoms with Crippen molar-refractivity contribution < 1.29 is 23.5 Å². The number of methoxy groups -OCH3 is 2. The summed E-state index contributed by atoms with van der Waals surface area (Å²) in [7, 11) is 3.04. The number of nitrogens with zero attached hydrogens (tertiary/aromatic N) is 1. The van der Waals surface area contributed by atoms with Gasteiger partial charge in [-0.3, -0.25) is 14.5 Å². The minimum absolute atomic E-state index is 0.140. The fourth-order valence-electron chi connectivity index (χ4n) is 3.61. The van der Waals surface area contributed by atoms with Gasteiger partial charge in [0.2, 0.25) is 5.91 Å². The molecule has 2 amide bonds. The summed E-state index contributed by atoms with van der Waals surface area (Å²) in [6.45, 7) is 1.86. The Morgan fingerprint density at radius 2 is 1.70 bits per heavy atom. The third-order valence-corrected chi connectivity index (χ3v) is 6.51. The standard InChI is InChI=1S/C25H23FN2O4S/c1-15-4-9-21(26)22(10-15)28-23(29)14-33-25(28)16-5-7-18(8-6-16)27-24(30)17-11-19(31-2)13-20(12-17)32-3/h4-13,25H,14H2,1-3H3,(H,27,30). The van der Waals surface area contributed by atoms with E-state index >= 15 is 0 Å². The van der Waals surface area contributed by atoms with Gasteiger partial charge in [-0.1, -0.05) is 18.2 Å². The highest BCUT2D eigenvalue weighted by Crippen LogP contribution is 2.43. The molecule has 3 aromatic carbocycles. The molecule has 1 aliphatic rings. The van der Waals surface area contributed by atoms with Crippen LogP contribution in [-0.4, -0.2) is 31.8 Å². The smallest absolute Gasteiger partial charge is 0.255 e. The molecule has 1 aliphatic heterocycles. The van der Waals surface area contributed by atoms with Crippen LogP contribution < -0.4 is 19.7 Å². The molecule has 0 radical (unpaired) electrons. The van der Waals surface area contributed by atoms with E-state index in [9.17, 15) is 14.0 Å². The predicted molar refractivity (Wildman–Crippen MR) is 128 cm³/mol. The van der Waals surface area contributed by atoms with Crippen LogP contribution in [0, 0.1) is 12.7 Å². The van der Waals surface area contributed by atoms with Gasteiger partial charge in [-0.2, -0.15) is 0 Å². The molecule has 1 unspecified atom stereocenters. The lowest BCUT2D eigenvalue weighted by molar-refractivity contribution is -0.115. The lowest BCUT2D eigenvalue weighted by atomic mass is 10.1. The highest BCUT2D eigenvalue weighted by atomic mass is 32.2. The second kappa shape index (κ2) is 9.54. The van der Waals surface area contributed by atoms with Gasteiger partial charge in [0.1, 0.15) is 22.7 Å². The molecule has 0 aromatic heterocycles. The number of carbonyl (C=O) groups is 2. The third-order valence-electron chi connectivity index (χ3n) is 5.30. The van der Waals surface area contributed by atoms with E-state index in [4.69, 9.17) is 9.47 Å². The number of hydrogen-bond donors (Lipinski definition) is 1. The van der Waals surface area contributed by atoms with Crippen molar-refractivity contribution in [2.45, 2.75) is 12.3 Å². The van der Waals surface area contributed by atoms with E-state index in [0.29, 0.717) is 22.7 Å². The van der Waals surface area contributed by atoms with Crippen LogP contribution in [0.3, 0.4) is 0 Å². The summed E-state index contributed by atoms with van der Waals surface area (Å²) >= 11 is 1.44. The first kappa shape index (κ1) is 22.7. The second-order valence-corrected chi connectivity index (χ2v) is 8.63. The van der Waals surface area contributed by atoms with Gasteiger partial charge in [0.15, 0.2) is 0 Å². The Morgan fingerprint density at radius 3 is 2.33 bits per heavy atom. The van der Waals surface area contributed by atoms with Crippen molar-refractivity contribution in [3.63, 3.8) is 0 Å². The van der Waals surface area contributed by atoms with Gasteiger partial charge in [-0.25, -0.2) is 4.39 Å². The number of nitrogens with one attached hydrogen (secondary N) is 1.